The van der Waals surface area contributed by atoms with Gasteiger partial charge in [-0.25, -0.2) is 4.98 Å². The van der Waals surface area contributed by atoms with E-state index in [0.717, 1.165) is 0 Å². The van der Waals surface area contributed by atoms with E-state index in [0.29, 0.717) is 24.6 Å². The molecule has 0 radical (unpaired) electrons. The summed E-state index contributed by atoms with van der Waals surface area (Å²) in [4.78, 5) is 16.8. The molecule has 0 aliphatic heterocycles. The number of hydrogen-bond acceptors (Lipinski definition) is 6. The molecule has 0 aliphatic rings. The van der Waals surface area contributed by atoms with Crippen LogP contribution >= 0.6 is 0 Å². The van der Waals surface area contributed by atoms with E-state index < -0.39 is 4.92 Å². The lowest BCUT2D eigenvalue weighted by atomic mass is 10.2. The third-order valence-electron chi connectivity index (χ3n) is 2.74. The lowest BCUT2D eigenvalue weighted by molar-refractivity contribution is -0.384. The molecule has 0 unspecified atom stereocenters. The number of hydrogen-bond donors (Lipinski definition) is 2. The first kappa shape index (κ1) is 15.2. The Kier molecular flexibility index (Phi) is 5.50. The average Bonchev–Trinajstić information content (AvgIpc) is 2.38. The van der Waals surface area contributed by atoms with Gasteiger partial charge in [0, 0.05) is 26.2 Å². The highest BCUT2D eigenvalue weighted by Gasteiger charge is 2.17. The molecule has 0 fully saturated rings. The molecule has 0 aliphatic carbocycles. The highest BCUT2D eigenvalue weighted by Crippen LogP contribution is 2.24. The lowest BCUT2D eigenvalue weighted by Crippen LogP contribution is -2.33. The van der Waals surface area contributed by atoms with Crippen LogP contribution in [0.2, 0.25) is 0 Å². The van der Waals surface area contributed by atoms with Gasteiger partial charge in [0.15, 0.2) is 0 Å². The summed E-state index contributed by atoms with van der Waals surface area (Å²) in [6.45, 7) is 4.65. The molecule has 1 aromatic rings. The molecule has 0 saturated heterocycles. The van der Waals surface area contributed by atoms with Crippen LogP contribution in [0.1, 0.15) is 20.3 Å². The maximum Gasteiger partial charge on any atom is 0.276 e. The van der Waals surface area contributed by atoms with E-state index >= 15 is 0 Å². The molecular formula is C12H20N4O3. The zero-order chi connectivity index (χ0) is 14.4. The molecule has 19 heavy (non-hydrogen) atoms. The molecule has 0 saturated carbocycles. The van der Waals surface area contributed by atoms with Gasteiger partial charge in [-0.15, -0.1) is 0 Å². The van der Waals surface area contributed by atoms with Crippen LogP contribution in [0.15, 0.2) is 12.1 Å². The molecule has 1 heterocycles. The van der Waals surface area contributed by atoms with Gasteiger partial charge in [-0.3, -0.25) is 10.1 Å². The Labute approximate surface area is 112 Å². The fraction of sp³-hybridized carbons (Fsp3) is 0.583. The maximum atomic E-state index is 10.9. The minimum atomic E-state index is -0.434. The number of aromatic nitrogens is 1. The first-order valence-electron chi connectivity index (χ1n) is 6.21. The fourth-order valence-electron chi connectivity index (χ4n) is 1.76. The van der Waals surface area contributed by atoms with E-state index in [2.05, 4.69) is 10.3 Å². The Morgan fingerprint density at radius 1 is 1.53 bits per heavy atom. The Hall–Kier alpha value is -1.89. The Balaban J connectivity index is 3.13. The number of rotatable bonds is 7. The number of pyridine rings is 1. The summed E-state index contributed by atoms with van der Waals surface area (Å²) in [5.41, 5.74) is 0.00370. The van der Waals surface area contributed by atoms with Crippen molar-refractivity contribution < 1.29 is 10.0 Å². The first-order valence-corrected chi connectivity index (χ1v) is 6.21. The third-order valence-corrected chi connectivity index (χ3v) is 2.74. The van der Waals surface area contributed by atoms with Gasteiger partial charge in [-0.1, -0.05) is 0 Å². The van der Waals surface area contributed by atoms with Gasteiger partial charge >= 0.3 is 0 Å². The number of aliphatic hydroxyl groups is 1. The van der Waals surface area contributed by atoms with Crippen LogP contribution in [0.4, 0.5) is 17.3 Å². The van der Waals surface area contributed by atoms with E-state index in [9.17, 15) is 10.1 Å². The van der Waals surface area contributed by atoms with Crippen molar-refractivity contribution in [3.8, 4) is 0 Å². The summed E-state index contributed by atoms with van der Waals surface area (Å²) in [6.07, 6.45) is 0.595. The molecule has 0 amide bonds. The second-order valence-corrected chi connectivity index (χ2v) is 4.44. The molecule has 1 aromatic heterocycles. The van der Waals surface area contributed by atoms with E-state index in [4.69, 9.17) is 5.11 Å². The number of nitrogens with zero attached hydrogens (tertiary/aromatic N) is 3. The molecule has 0 atom stereocenters. The van der Waals surface area contributed by atoms with Crippen molar-refractivity contribution in [2.75, 3.05) is 30.4 Å². The van der Waals surface area contributed by atoms with Gasteiger partial charge < -0.3 is 15.3 Å². The smallest absolute Gasteiger partial charge is 0.276 e. The van der Waals surface area contributed by atoms with Crippen LogP contribution in [0.3, 0.4) is 0 Å². The van der Waals surface area contributed by atoms with Crippen molar-refractivity contribution in [3.63, 3.8) is 0 Å². The van der Waals surface area contributed by atoms with Crippen LogP contribution in [-0.4, -0.2) is 41.3 Å². The highest BCUT2D eigenvalue weighted by atomic mass is 16.6. The lowest BCUT2D eigenvalue weighted by Gasteiger charge is -2.27. The molecular weight excluding hydrogens is 248 g/mol. The predicted octanol–water partition coefficient (Wildman–Crippen LogP) is 1.63. The summed E-state index contributed by atoms with van der Waals surface area (Å²) in [6, 6.07) is 3.00. The summed E-state index contributed by atoms with van der Waals surface area (Å²) >= 11 is 0. The van der Waals surface area contributed by atoms with E-state index in [-0.39, 0.29) is 18.3 Å². The monoisotopic (exact) mass is 268 g/mol. The quantitative estimate of drug-likeness (QED) is 0.577. The van der Waals surface area contributed by atoms with Gasteiger partial charge in [0.2, 0.25) is 0 Å². The first-order chi connectivity index (χ1) is 8.99. The van der Waals surface area contributed by atoms with Crippen LogP contribution in [0.5, 0.6) is 0 Å². The van der Waals surface area contributed by atoms with Crippen molar-refractivity contribution >= 4 is 17.3 Å². The minimum Gasteiger partial charge on any atom is -0.396 e. The van der Waals surface area contributed by atoms with E-state index in [1.807, 2.05) is 18.7 Å². The minimum absolute atomic E-state index is 0.00370. The number of anilines is 2. The largest absolute Gasteiger partial charge is 0.396 e. The zero-order valence-corrected chi connectivity index (χ0v) is 11.5. The summed E-state index contributed by atoms with van der Waals surface area (Å²) in [7, 11) is 1.67. The molecule has 106 valence electrons. The van der Waals surface area contributed by atoms with Crippen molar-refractivity contribution in [2.24, 2.45) is 0 Å². The summed E-state index contributed by atoms with van der Waals surface area (Å²) in [5.74, 6) is 1.00. The highest BCUT2D eigenvalue weighted by molar-refractivity contribution is 5.56. The van der Waals surface area contributed by atoms with Crippen LogP contribution in [0, 0.1) is 10.1 Å². The topological polar surface area (TPSA) is 91.5 Å². The van der Waals surface area contributed by atoms with Crippen molar-refractivity contribution in [3.05, 3.63) is 22.2 Å². The standard InChI is InChI=1S/C12H20N4O3/c1-9(2)15(5-4-6-17)12-8-10(16(18)19)7-11(13-3)14-12/h7-9,17H,4-6H2,1-3H3,(H,13,14). The van der Waals surface area contributed by atoms with Gasteiger partial charge in [0.1, 0.15) is 11.6 Å². The van der Waals surface area contributed by atoms with Crippen LogP contribution in [-0.2, 0) is 0 Å². The Morgan fingerprint density at radius 3 is 2.68 bits per heavy atom. The molecule has 7 heteroatoms. The van der Waals surface area contributed by atoms with Gasteiger partial charge in [0.25, 0.3) is 5.69 Å². The predicted molar refractivity (Wildman–Crippen MR) is 74.6 cm³/mol. The van der Waals surface area contributed by atoms with Gasteiger partial charge in [0.05, 0.1) is 17.1 Å². The SMILES string of the molecule is CNc1cc([N+](=O)[O-])cc(N(CCCO)C(C)C)n1. The van der Waals surface area contributed by atoms with Crippen molar-refractivity contribution in [1.82, 2.24) is 4.98 Å². The second-order valence-electron chi connectivity index (χ2n) is 4.44. The number of nitrogens with one attached hydrogen (secondary N) is 1. The van der Waals surface area contributed by atoms with Crippen molar-refractivity contribution in [2.45, 2.75) is 26.3 Å². The molecule has 0 bridgehead atoms. The molecule has 0 aromatic carbocycles. The average molecular weight is 268 g/mol. The third kappa shape index (κ3) is 4.06. The second kappa shape index (κ2) is 6.89. The van der Waals surface area contributed by atoms with Crippen molar-refractivity contribution in [1.29, 1.82) is 0 Å². The van der Waals surface area contributed by atoms with E-state index in [1.54, 1.807) is 7.05 Å². The van der Waals surface area contributed by atoms with Gasteiger partial charge in [-0.2, -0.15) is 0 Å². The van der Waals surface area contributed by atoms with Crippen LogP contribution < -0.4 is 10.2 Å². The fourth-order valence-corrected chi connectivity index (χ4v) is 1.76. The molecule has 2 N–H and O–H groups in total. The number of aliphatic hydroxyl groups excluding tert-OH is 1. The maximum absolute atomic E-state index is 10.9. The van der Waals surface area contributed by atoms with Crippen LogP contribution in [0.25, 0.3) is 0 Å². The zero-order valence-electron chi connectivity index (χ0n) is 11.5. The molecule has 0 spiro atoms. The molecule has 7 nitrogen and oxygen atoms in total. The normalized spacial score (nSPS) is 10.6. The van der Waals surface area contributed by atoms with E-state index in [1.165, 1.54) is 12.1 Å². The Morgan fingerprint density at radius 2 is 2.21 bits per heavy atom. The molecule has 1 rings (SSSR count). The Bertz CT molecular complexity index is 437. The van der Waals surface area contributed by atoms with Gasteiger partial charge in [-0.05, 0) is 20.3 Å². The summed E-state index contributed by atoms with van der Waals surface area (Å²) < 4.78 is 0. The number of nitro groups is 1. The summed E-state index contributed by atoms with van der Waals surface area (Å²) in [5, 5.41) is 22.7.